The number of nitrogens with zero attached hydrogens (tertiary/aromatic N) is 3. The first kappa shape index (κ1) is 26.1. The van der Waals surface area contributed by atoms with Gasteiger partial charge in [-0.1, -0.05) is 74.9 Å². The van der Waals surface area contributed by atoms with E-state index in [9.17, 15) is 9.59 Å². The number of carbonyl (C=O) groups is 2. The Bertz CT molecular complexity index is 1400. The van der Waals surface area contributed by atoms with Crippen molar-refractivity contribution in [3.8, 4) is 5.69 Å². The lowest BCUT2D eigenvalue weighted by Gasteiger charge is -2.23. The van der Waals surface area contributed by atoms with Crippen molar-refractivity contribution in [1.29, 1.82) is 0 Å². The van der Waals surface area contributed by atoms with E-state index in [0.717, 1.165) is 27.7 Å². The van der Waals surface area contributed by atoms with Gasteiger partial charge in [0.1, 0.15) is 12.4 Å². The zero-order chi connectivity index (χ0) is 26.6. The number of hydrogen-bond acceptors (Lipinski definition) is 4. The Hall–Kier alpha value is -3.97. The van der Waals surface area contributed by atoms with E-state index in [1.807, 2.05) is 73.7 Å². The van der Waals surface area contributed by atoms with Crippen LogP contribution in [0.5, 0.6) is 0 Å². The fourth-order valence-electron chi connectivity index (χ4n) is 4.11. The van der Waals surface area contributed by atoms with E-state index < -0.39 is 0 Å². The minimum Gasteiger partial charge on any atom is -0.383 e. The molecule has 0 aliphatic carbocycles. The predicted molar refractivity (Wildman–Crippen MR) is 147 cm³/mol. The lowest BCUT2D eigenvalue weighted by molar-refractivity contribution is -0.117. The quantitative estimate of drug-likeness (QED) is 0.355. The molecule has 0 radical (unpaired) electrons. The van der Waals surface area contributed by atoms with Gasteiger partial charge < -0.3 is 15.0 Å². The average Bonchev–Trinajstić information content (AvgIpc) is 3.30. The van der Waals surface area contributed by atoms with Gasteiger partial charge in [-0.2, -0.15) is 5.10 Å². The highest BCUT2D eigenvalue weighted by atomic mass is 16.5. The summed E-state index contributed by atoms with van der Waals surface area (Å²) in [4.78, 5) is 28.4. The highest BCUT2D eigenvalue weighted by Crippen LogP contribution is 2.27. The number of hydrogen-bond donors (Lipinski definition) is 1. The Kier molecular flexibility index (Phi) is 7.74. The molecule has 7 nitrogen and oxygen atoms in total. The number of aryl methyl sites for hydroxylation is 1. The number of ether oxygens (including phenoxy) is 1. The van der Waals surface area contributed by atoms with Gasteiger partial charge >= 0.3 is 0 Å². The van der Waals surface area contributed by atoms with Crippen LogP contribution in [-0.2, 0) is 14.9 Å². The van der Waals surface area contributed by atoms with Crippen LogP contribution < -0.4 is 5.32 Å². The molecule has 3 aromatic carbocycles. The van der Waals surface area contributed by atoms with E-state index in [1.54, 1.807) is 17.9 Å². The summed E-state index contributed by atoms with van der Waals surface area (Å²) in [5, 5.41) is 9.60. The van der Waals surface area contributed by atoms with Gasteiger partial charge in [-0.15, -0.1) is 0 Å². The third kappa shape index (κ3) is 6.06. The Morgan fingerprint density at radius 2 is 1.70 bits per heavy atom. The summed E-state index contributed by atoms with van der Waals surface area (Å²) in [5.74, 6) is 0.0351. The van der Waals surface area contributed by atoms with Crippen LogP contribution in [0.4, 0.5) is 5.82 Å². The fourth-order valence-corrected chi connectivity index (χ4v) is 4.11. The number of rotatable bonds is 8. The third-order valence-corrected chi connectivity index (χ3v) is 6.23. The first-order valence-electron chi connectivity index (χ1n) is 12.4. The molecule has 192 valence electrons. The molecule has 7 heteroatoms. The normalized spacial score (nSPS) is 11.5. The van der Waals surface area contributed by atoms with Crippen LogP contribution in [0.1, 0.15) is 42.4 Å². The number of fused-ring (bicyclic) bond motifs is 1. The molecular formula is C30H34N4O3. The molecule has 1 heterocycles. The van der Waals surface area contributed by atoms with E-state index in [-0.39, 0.29) is 30.3 Å². The Morgan fingerprint density at radius 1 is 1.00 bits per heavy atom. The van der Waals surface area contributed by atoms with Crippen molar-refractivity contribution in [1.82, 2.24) is 14.7 Å². The van der Waals surface area contributed by atoms with Crippen molar-refractivity contribution < 1.29 is 14.3 Å². The smallest absolute Gasteiger partial charge is 0.255 e. The number of aromatic nitrogens is 2. The van der Waals surface area contributed by atoms with Gasteiger partial charge in [0.2, 0.25) is 5.91 Å². The molecule has 2 amide bonds. The largest absolute Gasteiger partial charge is 0.383 e. The minimum atomic E-state index is -0.307. The lowest BCUT2D eigenvalue weighted by Crippen LogP contribution is -2.40. The van der Waals surface area contributed by atoms with Gasteiger partial charge in [-0.25, -0.2) is 4.68 Å². The maximum Gasteiger partial charge on any atom is 0.255 e. The predicted octanol–water partition coefficient (Wildman–Crippen LogP) is 5.36. The Morgan fingerprint density at radius 3 is 2.41 bits per heavy atom. The van der Waals surface area contributed by atoms with Gasteiger partial charge in [0.25, 0.3) is 5.91 Å². The highest BCUT2D eigenvalue weighted by molar-refractivity contribution is 6.08. The van der Waals surface area contributed by atoms with Crippen LogP contribution >= 0.6 is 0 Å². The summed E-state index contributed by atoms with van der Waals surface area (Å²) in [7, 11) is 1.58. The molecule has 0 atom stereocenters. The van der Waals surface area contributed by atoms with Crippen molar-refractivity contribution in [3.05, 3.63) is 89.6 Å². The molecule has 0 unspecified atom stereocenters. The standard InChI is InChI=1S/C30H34N4O3/c1-21-13-15-23(16-14-21)34-27(19-26(32-34)30(2,3)4)31-28(35)20-33(17-18-37-5)29(36)25-12-8-10-22-9-6-7-11-24(22)25/h6-16,19H,17-18,20H2,1-5H3,(H,31,35). The van der Waals surface area contributed by atoms with Crippen LogP contribution in [0.25, 0.3) is 16.5 Å². The molecule has 0 fully saturated rings. The number of nitrogens with one attached hydrogen (secondary N) is 1. The molecule has 0 bridgehead atoms. The minimum absolute atomic E-state index is 0.116. The molecule has 0 spiro atoms. The maximum absolute atomic E-state index is 13.6. The van der Waals surface area contributed by atoms with Crippen LogP contribution in [-0.4, -0.2) is 53.3 Å². The summed E-state index contributed by atoms with van der Waals surface area (Å²) in [6, 6.07) is 23.2. The molecule has 4 aromatic rings. The van der Waals surface area contributed by atoms with Crippen molar-refractivity contribution in [2.75, 3.05) is 32.1 Å². The van der Waals surface area contributed by atoms with E-state index in [1.165, 1.54) is 4.90 Å². The second-order valence-corrected chi connectivity index (χ2v) is 10.2. The first-order chi connectivity index (χ1) is 17.7. The summed E-state index contributed by atoms with van der Waals surface area (Å²) < 4.78 is 6.97. The van der Waals surface area contributed by atoms with Gasteiger partial charge in [-0.3, -0.25) is 9.59 Å². The maximum atomic E-state index is 13.6. The van der Waals surface area contributed by atoms with Crippen LogP contribution in [0, 0.1) is 6.92 Å². The molecule has 0 aliphatic heterocycles. The van der Waals surface area contributed by atoms with Gasteiger partial charge in [0.05, 0.1) is 18.0 Å². The third-order valence-electron chi connectivity index (χ3n) is 6.23. The van der Waals surface area contributed by atoms with E-state index in [2.05, 4.69) is 26.1 Å². The summed E-state index contributed by atoms with van der Waals surface area (Å²) in [5.41, 5.74) is 3.19. The Labute approximate surface area is 218 Å². The molecular weight excluding hydrogens is 464 g/mol. The summed E-state index contributed by atoms with van der Waals surface area (Å²) >= 11 is 0. The average molecular weight is 499 g/mol. The topological polar surface area (TPSA) is 76.5 Å². The number of carbonyl (C=O) groups excluding carboxylic acids is 2. The number of anilines is 1. The monoisotopic (exact) mass is 498 g/mol. The van der Waals surface area contributed by atoms with E-state index >= 15 is 0 Å². The Balaban J connectivity index is 1.61. The highest BCUT2D eigenvalue weighted by Gasteiger charge is 2.24. The number of amides is 2. The lowest BCUT2D eigenvalue weighted by atomic mass is 9.92. The molecule has 1 aromatic heterocycles. The zero-order valence-electron chi connectivity index (χ0n) is 22.1. The van der Waals surface area contributed by atoms with Crippen molar-refractivity contribution >= 4 is 28.4 Å². The van der Waals surface area contributed by atoms with Gasteiger partial charge in [-0.05, 0) is 35.9 Å². The zero-order valence-corrected chi connectivity index (χ0v) is 22.1. The van der Waals surface area contributed by atoms with Crippen LogP contribution in [0.15, 0.2) is 72.8 Å². The van der Waals surface area contributed by atoms with Crippen molar-refractivity contribution in [2.45, 2.75) is 33.1 Å². The number of methoxy groups -OCH3 is 1. The molecule has 0 aliphatic rings. The molecule has 37 heavy (non-hydrogen) atoms. The van der Waals surface area contributed by atoms with Crippen LogP contribution in [0.2, 0.25) is 0 Å². The van der Waals surface area contributed by atoms with E-state index in [0.29, 0.717) is 18.0 Å². The summed E-state index contributed by atoms with van der Waals surface area (Å²) in [6.07, 6.45) is 0. The number of benzene rings is 3. The fraction of sp³-hybridized carbons (Fsp3) is 0.300. The molecule has 0 saturated carbocycles. The van der Waals surface area contributed by atoms with Gasteiger partial charge in [0.15, 0.2) is 0 Å². The van der Waals surface area contributed by atoms with Crippen molar-refractivity contribution in [2.24, 2.45) is 0 Å². The van der Waals surface area contributed by atoms with Crippen LogP contribution in [0.3, 0.4) is 0 Å². The summed E-state index contributed by atoms with van der Waals surface area (Å²) in [6.45, 7) is 8.75. The van der Waals surface area contributed by atoms with E-state index in [4.69, 9.17) is 9.84 Å². The van der Waals surface area contributed by atoms with Crippen molar-refractivity contribution in [3.63, 3.8) is 0 Å². The SMILES string of the molecule is COCCN(CC(=O)Nc1cc(C(C)(C)C)nn1-c1ccc(C)cc1)C(=O)c1cccc2ccccc12. The second-order valence-electron chi connectivity index (χ2n) is 10.2. The van der Waals surface area contributed by atoms with Gasteiger partial charge in [0, 0.05) is 30.7 Å². The molecule has 0 saturated heterocycles. The second kappa shape index (κ2) is 11.0. The first-order valence-corrected chi connectivity index (χ1v) is 12.4. The molecule has 4 rings (SSSR count). The molecule has 1 N–H and O–H groups in total.